The van der Waals surface area contributed by atoms with Crippen LogP contribution in [0.2, 0.25) is 0 Å². The van der Waals surface area contributed by atoms with Crippen molar-refractivity contribution in [2.75, 3.05) is 27.5 Å². The molecule has 0 spiro atoms. The number of hydrogen-bond acceptors (Lipinski definition) is 3. The molecule has 1 unspecified atom stereocenters. The van der Waals surface area contributed by atoms with Gasteiger partial charge in [0, 0.05) is 14.1 Å². The van der Waals surface area contributed by atoms with Crippen molar-refractivity contribution < 1.29 is 14.3 Å². The molecular formula is C7H15NO3. The molecule has 0 N–H and O–H groups in total. The molecule has 1 amide bonds. The smallest absolute Gasteiger partial charge is 0.209 e. The number of rotatable bonds is 1. The Hall–Kier alpha value is -0.610. The lowest BCUT2D eigenvalue weighted by Crippen LogP contribution is -2.06. The van der Waals surface area contributed by atoms with E-state index < -0.39 is 0 Å². The Balaban J connectivity index is 0.000000187. The van der Waals surface area contributed by atoms with Gasteiger partial charge in [-0.25, -0.2) is 0 Å². The minimum absolute atomic E-state index is 0.324. The van der Waals surface area contributed by atoms with Gasteiger partial charge in [0.05, 0.1) is 12.7 Å². The largest absolute Gasteiger partial charge is 0.353 e. The lowest BCUT2D eigenvalue weighted by Gasteiger charge is -1.93. The second-order valence-electron chi connectivity index (χ2n) is 2.53. The Labute approximate surface area is 67.1 Å². The first kappa shape index (κ1) is 10.4. The molecule has 11 heavy (non-hydrogen) atoms. The third-order valence-electron chi connectivity index (χ3n) is 0.999. The number of carbonyl (C=O) groups excluding carboxylic acids is 1. The van der Waals surface area contributed by atoms with Gasteiger partial charge in [-0.05, 0) is 6.92 Å². The van der Waals surface area contributed by atoms with Gasteiger partial charge >= 0.3 is 0 Å². The fourth-order valence-electron chi connectivity index (χ4n) is 0.426. The average molecular weight is 161 g/mol. The summed E-state index contributed by atoms with van der Waals surface area (Å²) < 4.78 is 9.77. The highest BCUT2D eigenvalue weighted by molar-refractivity contribution is 5.45. The summed E-state index contributed by atoms with van der Waals surface area (Å²) in [4.78, 5) is 10.9. The van der Waals surface area contributed by atoms with Crippen LogP contribution in [0.4, 0.5) is 0 Å². The SMILES string of the molecule is CC1COCO1.CN(C)C=O. The van der Waals surface area contributed by atoms with E-state index in [1.54, 1.807) is 14.1 Å². The summed E-state index contributed by atoms with van der Waals surface area (Å²) in [6.07, 6.45) is 1.07. The van der Waals surface area contributed by atoms with Gasteiger partial charge in [-0.15, -0.1) is 0 Å². The van der Waals surface area contributed by atoms with Crippen molar-refractivity contribution in [3.05, 3.63) is 0 Å². The van der Waals surface area contributed by atoms with E-state index in [1.165, 1.54) is 4.90 Å². The van der Waals surface area contributed by atoms with E-state index in [0.29, 0.717) is 12.9 Å². The summed E-state index contributed by atoms with van der Waals surface area (Å²) in [7, 11) is 3.38. The first-order valence-corrected chi connectivity index (χ1v) is 3.48. The number of hydrogen-bond donors (Lipinski definition) is 0. The van der Waals surface area contributed by atoms with Crippen LogP contribution < -0.4 is 0 Å². The molecule has 0 saturated carbocycles. The van der Waals surface area contributed by atoms with E-state index in [-0.39, 0.29) is 0 Å². The van der Waals surface area contributed by atoms with E-state index in [2.05, 4.69) is 0 Å². The molecule has 66 valence electrons. The molecule has 0 aliphatic carbocycles. The Morgan fingerprint density at radius 3 is 2.18 bits per heavy atom. The van der Waals surface area contributed by atoms with Crippen molar-refractivity contribution in [3.8, 4) is 0 Å². The fraction of sp³-hybridized carbons (Fsp3) is 0.857. The minimum Gasteiger partial charge on any atom is -0.353 e. The van der Waals surface area contributed by atoms with Gasteiger partial charge in [0.2, 0.25) is 6.41 Å². The van der Waals surface area contributed by atoms with E-state index in [0.717, 1.165) is 13.0 Å². The van der Waals surface area contributed by atoms with Crippen LogP contribution in [-0.4, -0.2) is 44.9 Å². The molecule has 1 aliphatic heterocycles. The molecule has 4 nitrogen and oxygen atoms in total. The summed E-state index contributed by atoms with van der Waals surface area (Å²) in [6, 6.07) is 0. The van der Waals surface area contributed by atoms with Crippen LogP contribution >= 0.6 is 0 Å². The number of ether oxygens (including phenoxy) is 2. The number of carbonyl (C=O) groups is 1. The monoisotopic (exact) mass is 161 g/mol. The maximum atomic E-state index is 9.43. The van der Waals surface area contributed by atoms with Gasteiger partial charge in [-0.3, -0.25) is 4.79 Å². The number of nitrogens with zero attached hydrogens (tertiary/aromatic N) is 1. The molecule has 0 aromatic rings. The molecule has 1 aliphatic rings. The second kappa shape index (κ2) is 6.12. The third-order valence-corrected chi connectivity index (χ3v) is 0.999. The zero-order valence-electron chi connectivity index (χ0n) is 7.24. The van der Waals surface area contributed by atoms with Gasteiger partial charge in [0.25, 0.3) is 0 Å². The first-order chi connectivity index (χ1) is 5.16. The molecule has 0 aromatic heterocycles. The van der Waals surface area contributed by atoms with Crippen LogP contribution in [0.3, 0.4) is 0 Å². The first-order valence-electron chi connectivity index (χ1n) is 3.48. The van der Waals surface area contributed by atoms with Gasteiger partial charge in [-0.2, -0.15) is 0 Å². The zero-order chi connectivity index (χ0) is 8.69. The van der Waals surface area contributed by atoms with Gasteiger partial charge < -0.3 is 14.4 Å². The lowest BCUT2D eigenvalue weighted by atomic mass is 10.5. The van der Waals surface area contributed by atoms with Gasteiger partial charge in [0.1, 0.15) is 6.79 Å². The molecule has 1 heterocycles. The van der Waals surface area contributed by atoms with Crippen molar-refractivity contribution in [1.82, 2.24) is 4.90 Å². The Morgan fingerprint density at radius 1 is 1.55 bits per heavy atom. The van der Waals surface area contributed by atoms with Crippen LogP contribution in [0.5, 0.6) is 0 Å². The third kappa shape index (κ3) is 7.29. The zero-order valence-corrected chi connectivity index (χ0v) is 7.24. The predicted molar refractivity (Wildman–Crippen MR) is 41.1 cm³/mol. The van der Waals surface area contributed by atoms with Crippen molar-refractivity contribution >= 4 is 6.41 Å². The molecular weight excluding hydrogens is 146 g/mol. The quantitative estimate of drug-likeness (QED) is 0.511. The van der Waals surface area contributed by atoms with Crippen LogP contribution in [-0.2, 0) is 14.3 Å². The highest BCUT2D eigenvalue weighted by Crippen LogP contribution is 1.98. The van der Waals surface area contributed by atoms with Crippen molar-refractivity contribution in [3.63, 3.8) is 0 Å². The summed E-state index contributed by atoms with van der Waals surface area (Å²) in [5.41, 5.74) is 0. The summed E-state index contributed by atoms with van der Waals surface area (Å²) in [5.74, 6) is 0. The van der Waals surface area contributed by atoms with Crippen molar-refractivity contribution in [1.29, 1.82) is 0 Å². The van der Waals surface area contributed by atoms with E-state index in [1.807, 2.05) is 6.92 Å². The molecule has 1 fully saturated rings. The highest BCUT2D eigenvalue weighted by Gasteiger charge is 2.07. The van der Waals surface area contributed by atoms with Gasteiger partial charge in [0.15, 0.2) is 0 Å². The maximum Gasteiger partial charge on any atom is 0.209 e. The van der Waals surface area contributed by atoms with E-state index >= 15 is 0 Å². The van der Waals surface area contributed by atoms with Gasteiger partial charge in [-0.1, -0.05) is 0 Å². The predicted octanol–water partition coefficient (Wildman–Crippen LogP) is 0.0836. The lowest BCUT2D eigenvalue weighted by molar-refractivity contribution is -0.115. The van der Waals surface area contributed by atoms with Crippen molar-refractivity contribution in [2.45, 2.75) is 13.0 Å². The molecule has 0 radical (unpaired) electrons. The molecule has 0 aromatic carbocycles. The molecule has 0 bridgehead atoms. The molecule has 1 rings (SSSR count). The standard InChI is InChI=1S/C4H8O2.C3H7NO/c1-4-2-5-3-6-4;1-4(2)3-5/h4H,2-3H2,1H3;3H,1-2H3. The van der Waals surface area contributed by atoms with Crippen LogP contribution in [0.15, 0.2) is 0 Å². The highest BCUT2D eigenvalue weighted by atomic mass is 16.7. The summed E-state index contributed by atoms with van der Waals surface area (Å²) in [6.45, 7) is 3.24. The van der Waals surface area contributed by atoms with E-state index in [9.17, 15) is 4.79 Å². The van der Waals surface area contributed by atoms with Crippen LogP contribution in [0, 0.1) is 0 Å². The second-order valence-corrected chi connectivity index (χ2v) is 2.53. The summed E-state index contributed by atoms with van der Waals surface area (Å²) >= 11 is 0. The fourth-order valence-corrected chi connectivity index (χ4v) is 0.426. The minimum atomic E-state index is 0.324. The van der Waals surface area contributed by atoms with E-state index in [4.69, 9.17) is 9.47 Å². The topological polar surface area (TPSA) is 38.8 Å². The Bertz CT molecular complexity index is 99.9. The summed E-state index contributed by atoms with van der Waals surface area (Å²) in [5, 5.41) is 0. The van der Waals surface area contributed by atoms with Crippen LogP contribution in [0.1, 0.15) is 6.92 Å². The average Bonchev–Trinajstić information content (AvgIpc) is 2.41. The molecule has 1 saturated heterocycles. The Morgan fingerprint density at radius 2 is 2.09 bits per heavy atom. The molecule has 1 atom stereocenters. The Kier molecular flexibility index (Phi) is 5.78. The normalized spacial score (nSPS) is 21.9. The maximum absolute atomic E-state index is 9.43. The molecule has 4 heteroatoms. The number of amides is 1. The van der Waals surface area contributed by atoms with Crippen LogP contribution in [0.25, 0.3) is 0 Å². The van der Waals surface area contributed by atoms with Crippen molar-refractivity contribution in [2.24, 2.45) is 0 Å².